The lowest BCUT2D eigenvalue weighted by Crippen LogP contribution is -2.52. The van der Waals surface area contributed by atoms with Crippen molar-refractivity contribution in [3.05, 3.63) is 71.8 Å². The first kappa shape index (κ1) is 23.0. The number of rotatable bonds is 8. The molecular weight excluding hydrogens is 416 g/mol. The number of aryl methyl sites for hydroxylation is 1. The Labute approximate surface area is 195 Å². The standard InChI is InChI=1S/C26H32N4O3/c1-26(15-12-20-8-4-2-5-9-20)24(32)30(25(33)27-26)28-23(31)19-29-16-13-22(14-17-29)18-21-10-6-3-7-11-21/h2-11,22H,12-19H2,1H3,(H,27,33)(H,28,31). The van der Waals surface area contributed by atoms with E-state index >= 15 is 0 Å². The van der Waals surface area contributed by atoms with E-state index in [0.29, 0.717) is 18.8 Å². The molecule has 1 unspecified atom stereocenters. The molecule has 4 amide bonds. The minimum Gasteiger partial charge on any atom is -0.322 e. The number of benzene rings is 2. The van der Waals surface area contributed by atoms with Gasteiger partial charge in [0.25, 0.3) is 11.8 Å². The van der Waals surface area contributed by atoms with Gasteiger partial charge in [-0.3, -0.25) is 19.9 Å². The summed E-state index contributed by atoms with van der Waals surface area (Å²) in [5, 5.41) is 3.59. The zero-order valence-corrected chi connectivity index (χ0v) is 19.1. The fourth-order valence-electron chi connectivity index (χ4n) is 4.65. The maximum absolute atomic E-state index is 12.9. The van der Waals surface area contributed by atoms with Gasteiger partial charge in [0.05, 0.1) is 6.54 Å². The lowest BCUT2D eigenvalue weighted by molar-refractivity contribution is -0.139. The van der Waals surface area contributed by atoms with Gasteiger partial charge in [-0.1, -0.05) is 60.7 Å². The summed E-state index contributed by atoms with van der Waals surface area (Å²) in [5.74, 6) is -0.145. The summed E-state index contributed by atoms with van der Waals surface area (Å²) < 4.78 is 0. The van der Waals surface area contributed by atoms with Gasteiger partial charge in [-0.15, -0.1) is 0 Å². The number of nitrogens with one attached hydrogen (secondary N) is 2. The van der Waals surface area contributed by atoms with Crippen LogP contribution < -0.4 is 10.7 Å². The van der Waals surface area contributed by atoms with Crippen molar-refractivity contribution in [1.82, 2.24) is 20.7 Å². The number of amides is 4. The summed E-state index contributed by atoms with van der Waals surface area (Å²) in [6.07, 6.45) is 4.24. The summed E-state index contributed by atoms with van der Waals surface area (Å²) in [6, 6.07) is 19.7. The van der Waals surface area contributed by atoms with Crippen molar-refractivity contribution in [3.63, 3.8) is 0 Å². The Morgan fingerprint density at radius 3 is 2.24 bits per heavy atom. The number of likely N-dealkylation sites (tertiary alicyclic amines) is 1. The average molecular weight is 449 g/mol. The number of hydrazine groups is 1. The molecule has 174 valence electrons. The molecule has 4 rings (SSSR count). The fourth-order valence-corrected chi connectivity index (χ4v) is 4.65. The van der Waals surface area contributed by atoms with Gasteiger partial charge in [-0.2, -0.15) is 5.01 Å². The van der Waals surface area contributed by atoms with Crippen molar-refractivity contribution in [2.75, 3.05) is 19.6 Å². The summed E-state index contributed by atoms with van der Waals surface area (Å²) in [7, 11) is 0. The number of hydrogen-bond acceptors (Lipinski definition) is 4. The lowest BCUT2D eigenvalue weighted by Gasteiger charge is -2.31. The molecule has 0 radical (unpaired) electrons. The predicted molar refractivity (Wildman–Crippen MR) is 126 cm³/mol. The smallest absolute Gasteiger partial charge is 0.322 e. The Kier molecular flexibility index (Phi) is 7.08. The SMILES string of the molecule is CC1(CCc2ccccc2)NC(=O)N(NC(=O)CN2CCC(Cc3ccccc3)CC2)C1=O. The molecule has 0 bridgehead atoms. The molecule has 33 heavy (non-hydrogen) atoms. The highest BCUT2D eigenvalue weighted by Crippen LogP contribution is 2.23. The van der Waals surface area contributed by atoms with Gasteiger partial charge in [0.15, 0.2) is 0 Å². The number of nitrogens with zero attached hydrogens (tertiary/aromatic N) is 2. The number of imide groups is 1. The van der Waals surface area contributed by atoms with Crippen molar-refractivity contribution in [2.24, 2.45) is 5.92 Å². The number of hydrogen-bond donors (Lipinski definition) is 2. The fraction of sp³-hybridized carbons (Fsp3) is 0.423. The highest BCUT2D eigenvalue weighted by atomic mass is 16.2. The molecule has 0 aliphatic carbocycles. The van der Waals surface area contributed by atoms with E-state index in [1.807, 2.05) is 36.4 Å². The van der Waals surface area contributed by atoms with Gasteiger partial charge in [0, 0.05) is 0 Å². The maximum Gasteiger partial charge on any atom is 0.344 e. The van der Waals surface area contributed by atoms with Gasteiger partial charge in [0.2, 0.25) is 0 Å². The third-order valence-electron chi connectivity index (χ3n) is 6.70. The Balaban J connectivity index is 1.24. The number of piperidine rings is 1. The predicted octanol–water partition coefficient (Wildman–Crippen LogP) is 2.92. The minimum atomic E-state index is -1.03. The van der Waals surface area contributed by atoms with Crippen molar-refractivity contribution in [1.29, 1.82) is 0 Å². The highest BCUT2D eigenvalue weighted by Gasteiger charge is 2.48. The molecular formula is C26H32N4O3. The topological polar surface area (TPSA) is 81.8 Å². The third-order valence-corrected chi connectivity index (χ3v) is 6.70. The van der Waals surface area contributed by atoms with E-state index in [0.717, 1.165) is 42.9 Å². The second-order valence-corrected chi connectivity index (χ2v) is 9.33. The van der Waals surface area contributed by atoms with Gasteiger partial charge in [-0.25, -0.2) is 4.79 Å². The normalized spacial score (nSPS) is 21.8. The molecule has 2 aromatic rings. The van der Waals surface area contributed by atoms with E-state index in [9.17, 15) is 14.4 Å². The summed E-state index contributed by atoms with van der Waals surface area (Å²) in [4.78, 5) is 40.0. The Hall–Kier alpha value is -3.19. The number of urea groups is 1. The average Bonchev–Trinajstić information content (AvgIpc) is 3.03. The van der Waals surface area contributed by atoms with Crippen molar-refractivity contribution < 1.29 is 14.4 Å². The van der Waals surface area contributed by atoms with E-state index in [-0.39, 0.29) is 12.5 Å². The van der Waals surface area contributed by atoms with Crippen molar-refractivity contribution >= 4 is 17.8 Å². The monoisotopic (exact) mass is 448 g/mol. The lowest BCUT2D eigenvalue weighted by atomic mass is 9.90. The van der Waals surface area contributed by atoms with Crippen LogP contribution in [0.5, 0.6) is 0 Å². The van der Waals surface area contributed by atoms with Gasteiger partial charge in [-0.05, 0) is 69.2 Å². The zero-order valence-electron chi connectivity index (χ0n) is 19.1. The van der Waals surface area contributed by atoms with Crippen LogP contribution in [0.4, 0.5) is 4.79 Å². The molecule has 7 nitrogen and oxygen atoms in total. The molecule has 2 fully saturated rings. The number of carbonyl (C=O) groups excluding carboxylic acids is 3. The molecule has 2 aliphatic heterocycles. The van der Waals surface area contributed by atoms with E-state index < -0.39 is 17.5 Å². The van der Waals surface area contributed by atoms with Crippen LogP contribution in [0.2, 0.25) is 0 Å². The molecule has 0 saturated carbocycles. The van der Waals surface area contributed by atoms with Crippen LogP contribution in [0.3, 0.4) is 0 Å². The van der Waals surface area contributed by atoms with Crippen LogP contribution in [-0.4, -0.2) is 52.9 Å². The van der Waals surface area contributed by atoms with Crippen LogP contribution in [0, 0.1) is 5.92 Å². The molecule has 2 N–H and O–H groups in total. The van der Waals surface area contributed by atoms with E-state index in [1.54, 1.807) is 6.92 Å². The van der Waals surface area contributed by atoms with E-state index in [1.165, 1.54) is 5.56 Å². The molecule has 7 heteroatoms. The third kappa shape index (κ3) is 5.79. The maximum atomic E-state index is 12.9. The zero-order chi connectivity index (χ0) is 23.3. The largest absolute Gasteiger partial charge is 0.344 e. The summed E-state index contributed by atoms with van der Waals surface area (Å²) >= 11 is 0. The first-order valence-corrected chi connectivity index (χ1v) is 11.7. The number of carbonyl (C=O) groups is 3. The Bertz CT molecular complexity index is 974. The van der Waals surface area contributed by atoms with Crippen LogP contribution >= 0.6 is 0 Å². The molecule has 2 saturated heterocycles. The first-order chi connectivity index (χ1) is 15.9. The second-order valence-electron chi connectivity index (χ2n) is 9.33. The molecule has 2 aromatic carbocycles. The van der Waals surface area contributed by atoms with Crippen LogP contribution in [0.15, 0.2) is 60.7 Å². The molecule has 0 aromatic heterocycles. The van der Waals surface area contributed by atoms with Crippen LogP contribution in [0.25, 0.3) is 0 Å². The molecule has 2 aliphatic rings. The molecule has 0 spiro atoms. The minimum absolute atomic E-state index is 0.176. The van der Waals surface area contributed by atoms with Gasteiger partial charge < -0.3 is 5.32 Å². The van der Waals surface area contributed by atoms with E-state index in [4.69, 9.17) is 0 Å². The first-order valence-electron chi connectivity index (χ1n) is 11.7. The van der Waals surface area contributed by atoms with Gasteiger partial charge >= 0.3 is 6.03 Å². The molecule has 1 atom stereocenters. The summed E-state index contributed by atoms with van der Waals surface area (Å²) in [5.41, 5.74) is 3.94. The van der Waals surface area contributed by atoms with Crippen LogP contribution in [-0.2, 0) is 22.4 Å². The Morgan fingerprint density at radius 1 is 1.00 bits per heavy atom. The van der Waals surface area contributed by atoms with Crippen molar-refractivity contribution in [2.45, 2.75) is 44.6 Å². The van der Waals surface area contributed by atoms with Gasteiger partial charge in [0.1, 0.15) is 5.54 Å². The van der Waals surface area contributed by atoms with E-state index in [2.05, 4.69) is 39.9 Å². The summed E-state index contributed by atoms with van der Waals surface area (Å²) in [6.45, 7) is 3.55. The second kappa shape index (κ2) is 10.2. The quantitative estimate of drug-likeness (QED) is 0.609. The molecule has 2 heterocycles. The van der Waals surface area contributed by atoms with Crippen LogP contribution in [0.1, 0.15) is 37.3 Å². The Morgan fingerprint density at radius 2 is 1.61 bits per heavy atom. The highest BCUT2D eigenvalue weighted by molar-refractivity contribution is 6.07. The van der Waals surface area contributed by atoms with Crippen molar-refractivity contribution in [3.8, 4) is 0 Å².